The van der Waals surface area contributed by atoms with E-state index in [0.29, 0.717) is 0 Å². The number of fused-ring (bicyclic) bond motifs is 2. The number of hydrogen-bond acceptors (Lipinski definition) is 3. The van der Waals surface area contributed by atoms with Crippen molar-refractivity contribution in [2.75, 3.05) is 16.0 Å². The topological polar surface area (TPSA) is 36.1 Å². The second kappa shape index (κ2) is 15.9. The van der Waals surface area contributed by atoms with Crippen molar-refractivity contribution in [1.29, 1.82) is 0 Å². The molecule has 3 heteroatoms. The van der Waals surface area contributed by atoms with Crippen LogP contribution in [0.15, 0.2) is 231 Å². The third-order valence-corrected chi connectivity index (χ3v) is 11.1. The summed E-state index contributed by atoms with van der Waals surface area (Å²) in [6.45, 7) is 0. The fraction of sp³-hybridized carbons (Fsp3) is 0. The third kappa shape index (κ3) is 7.07. The first-order valence-electron chi connectivity index (χ1n) is 20.1. The molecular weight excluding hydrogens is 715 g/mol. The Morgan fingerprint density at radius 1 is 0.203 bits per heavy atom. The molecule has 0 heterocycles. The average Bonchev–Trinajstić information content (AvgIpc) is 3.31. The Kier molecular flexibility index (Phi) is 9.59. The lowest BCUT2D eigenvalue weighted by Crippen LogP contribution is -2.06. The molecule has 0 saturated heterocycles. The fourth-order valence-corrected chi connectivity index (χ4v) is 8.22. The van der Waals surface area contributed by atoms with Crippen LogP contribution in [0.4, 0.5) is 34.1 Å². The molecule has 0 fully saturated rings. The van der Waals surface area contributed by atoms with E-state index in [1.807, 2.05) is 0 Å². The van der Waals surface area contributed by atoms with Crippen LogP contribution in [0.2, 0.25) is 0 Å². The van der Waals surface area contributed by atoms with Crippen LogP contribution >= 0.6 is 0 Å². The predicted molar refractivity (Wildman–Crippen MR) is 252 cm³/mol. The highest BCUT2D eigenvalue weighted by atomic mass is 15.0. The predicted octanol–water partition coefficient (Wildman–Crippen LogP) is 15.9. The summed E-state index contributed by atoms with van der Waals surface area (Å²) in [5, 5.41) is 16.9. The van der Waals surface area contributed by atoms with Crippen molar-refractivity contribution in [3.05, 3.63) is 231 Å². The molecule has 0 aliphatic heterocycles. The third-order valence-electron chi connectivity index (χ3n) is 11.1. The number of hydrogen-bond donors (Lipinski definition) is 3. The van der Waals surface area contributed by atoms with Crippen LogP contribution < -0.4 is 16.0 Å². The largest absolute Gasteiger partial charge is 0.353 e. The molecule has 0 aromatic heterocycles. The first-order chi connectivity index (χ1) is 29.3. The van der Waals surface area contributed by atoms with Crippen molar-refractivity contribution < 1.29 is 0 Å². The van der Waals surface area contributed by atoms with Crippen LogP contribution in [0.3, 0.4) is 0 Å². The summed E-state index contributed by atoms with van der Waals surface area (Å²) in [4.78, 5) is 0. The van der Waals surface area contributed by atoms with E-state index in [2.05, 4.69) is 246 Å². The molecule has 0 amide bonds. The number of rotatable bonds is 10. The average molecular weight is 756 g/mol. The van der Waals surface area contributed by atoms with Crippen molar-refractivity contribution in [2.45, 2.75) is 0 Å². The van der Waals surface area contributed by atoms with Gasteiger partial charge in [0.2, 0.25) is 0 Å². The van der Waals surface area contributed by atoms with Crippen LogP contribution in [0.5, 0.6) is 0 Å². The molecule has 0 saturated carbocycles. The van der Waals surface area contributed by atoms with Gasteiger partial charge in [-0.2, -0.15) is 0 Å². The minimum atomic E-state index is 0.967. The Morgan fingerprint density at radius 3 is 0.814 bits per heavy atom. The van der Waals surface area contributed by atoms with Gasteiger partial charge in [-0.05, 0) is 45.2 Å². The maximum absolute atomic E-state index is 4.21. The second-order valence-corrected chi connectivity index (χ2v) is 14.7. The van der Waals surface area contributed by atoms with Crippen LogP contribution in [-0.4, -0.2) is 0 Å². The first-order valence-corrected chi connectivity index (χ1v) is 20.1. The van der Waals surface area contributed by atoms with Gasteiger partial charge in [-0.1, -0.05) is 218 Å². The van der Waals surface area contributed by atoms with Gasteiger partial charge in [-0.15, -0.1) is 0 Å². The minimum absolute atomic E-state index is 0.967. The van der Waals surface area contributed by atoms with Gasteiger partial charge in [0.25, 0.3) is 0 Å². The Hall–Kier alpha value is -7.88. The van der Waals surface area contributed by atoms with Crippen LogP contribution in [0.1, 0.15) is 0 Å². The van der Waals surface area contributed by atoms with Crippen LogP contribution in [-0.2, 0) is 0 Å². The van der Waals surface area contributed by atoms with E-state index >= 15 is 0 Å². The van der Waals surface area contributed by atoms with E-state index in [-0.39, 0.29) is 0 Å². The second-order valence-electron chi connectivity index (χ2n) is 14.7. The molecular formula is C56H41N3. The number of anilines is 6. The normalized spacial score (nSPS) is 11.1. The highest BCUT2D eigenvalue weighted by Crippen LogP contribution is 2.50. The van der Waals surface area contributed by atoms with Gasteiger partial charge in [0, 0.05) is 44.4 Å². The zero-order valence-electron chi connectivity index (χ0n) is 32.4. The van der Waals surface area contributed by atoms with E-state index in [1.165, 1.54) is 10.8 Å². The van der Waals surface area contributed by atoms with Crippen LogP contribution in [0, 0.1) is 0 Å². The molecule has 0 aliphatic rings. The highest BCUT2D eigenvalue weighted by Gasteiger charge is 2.23. The quantitative estimate of drug-likeness (QED) is 0.130. The van der Waals surface area contributed by atoms with Gasteiger partial charge >= 0.3 is 0 Å². The summed E-state index contributed by atoms with van der Waals surface area (Å²) in [6, 6.07) is 81.8. The van der Waals surface area contributed by atoms with Crippen molar-refractivity contribution in [3.8, 4) is 44.5 Å². The summed E-state index contributed by atoms with van der Waals surface area (Å²) in [7, 11) is 0. The zero-order chi connectivity index (χ0) is 39.4. The molecule has 0 bridgehead atoms. The standard InChI is InChI=1S/C56H41N3/c1-5-19-41(20-6-1)47-35-37-49(43-23-9-3-10-24-43)55(53(47)57-51-33-17-29-39-27-13-15-31-45(39)51)59-56-50(44-25-11-4-12-26-44)38-36-48(42-21-7-2-8-22-42)54(56)58-52-34-18-30-40-28-14-16-32-46(40)52/h1-38,57-59H. The van der Waals surface area contributed by atoms with Crippen molar-refractivity contribution in [2.24, 2.45) is 0 Å². The molecule has 0 spiro atoms. The molecule has 0 atom stereocenters. The van der Waals surface area contributed by atoms with Crippen molar-refractivity contribution in [3.63, 3.8) is 0 Å². The molecule has 0 radical (unpaired) electrons. The van der Waals surface area contributed by atoms with E-state index in [9.17, 15) is 0 Å². The monoisotopic (exact) mass is 755 g/mol. The SMILES string of the molecule is c1ccc(-c2ccc(-c3ccccc3)c(Nc3cccc4ccccc34)c2Nc2c(-c3ccccc3)ccc(-c3ccccc3)c2Nc2cccc3ccccc23)cc1. The molecule has 0 unspecified atom stereocenters. The molecule has 3 nitrogen and oxygen atoms in total. The number of nitrogens with one attached hydrogen (secondary N) is 3. The van der Waals surface area contributed by atoms with Gasteiger partial charge in [0.1, 0.15) is 0 Å². The van der Waals surface area contributed by atoms with Gasteiger partial charge < -0.3 is 16.0 Å². The maximum atomic E-state index is 4.21. The van der Waals surface area contributed by atoms with Crippen molar-refractivity contribution >= 4 is 55.7 Å². The van der Waals surface area contributed by atoms with Gasteiger partial charge in [-0.3, -0.25) is 0 Å². The fourth-order valence-electron chi connectivity index (χ4n) is 8.22. The summed E-state index contributed by atoms with van der Waals surface area (Å²) in [5.41, 5.74) is 14.7. The zero-order valence-corrected chi connectivity index (χ0v) is 32.4. The molecule has 10 aromatic rings. The van der Waals surface area contributed by atoms with E-state index in [0.717, 1.165) is 89.4 Å². The minimum Gasteiger partial charge on any atom is -0.353 e. The molecule has 10 aromatic carbocycles. The van der Waals surface area contributed by atoms with E-state index in [4.69, 9.17) is 0 Å². The van der Waals surface area contributed by atoms with E-state index in [1.54, 1.807) is 0 Å². The van der Waals surface area contributed by atoms with Gasteiger partial charge in [0.05, 0.1) is 22.7 Å². The molecule has 3 N–H and O–H groups in total. The Balaban J connectivity index is 1.29. The first kappa shape index (κ1) is 35.5. The Labute approximate surface area is 345 Å². The van der Waals surface area contributed by atoms with Crippen molar-refractivity contribution in [1.82, 2.24) is 0 Å². The molecule has 10 rings (SSSR count). The van der Waals surface area contributed by atoms with Gasteiger partial charge in [-0.25, -0.2) is 0 Å². The molecule has 280 valence electrons. The Morgan fingerprint density at radius 2 is 0.475 bits per heavy atom. The lowest BCUT2D eigenvalue weighted by atomic mass is 9.93. The maximum Gasteiger partial charge on any atom is 0.0710 e. The summed E-state index contributed by atoms with van der Waals surface area (Å²) < 4.78 is 0. The number of benzene rings is 10. The summed E-state index contributed by atoms with van der Waals surface area (Å²) in [5.74, 6) is 0. The summed E-state index contributed by atoms with van der Waals surface area (Å²) in [6.07, 6.45) is 0. The lowest BCUT2D eigenvalue weighted by molar-refractivity contribution is 1.47. The molecule has 59 heavy (non-hydrogen) atoms. The van der Waals surface area contributed by atoms with E-state index < -0.39 is 0 Å². The van der Waals surface area contributed by atoms with Crippen LogP contribution in [0.25, 0.3) is 66.1 Å². The highest BCUT2D eigenvalue weighted by molar-refractivity contribution is 6.08. The summed E-state index contributed by atoms with van der Waals surface area (Å²) >= 11 is 0. The molecule has 0 aliphatic carbocycles. The Bertz CT molecular complexity index is 2830. The lowest BCUT2D eigenvalue weighted by Gasteiger charge is -2.27. The smallest absolute Gasteiger partial charge is 0.0710 e. The van der Waals surface area contributed by atoms with Gasteiger partial charge in [0.15, 0.2) is 0 Å².